The Morgan fingerprint density at radius 2 is 1.58 bits per heavy atom. The topological polar surface area (TPSA) is 80.4 Å². The monoisotopic (exact) mass is 189 g/mol. The molecular weight excluding hydrogens is 178 g/mol. The van der Waals surface area contributed by atoms with E-state index in [1.54, 1.807) is 0 Å². The van der Waals surface area contributed by atoms with E-state index in [1.807, 2.05) is 0 Å². The van der Waals surface area contributed by atoms with Gasteiger partial charge in [0.2, 0.25) is 0 Å². The van der Waals surface area contributed by atoms with Crippen molar-refractivity contribution in [1.29, 1.82) is 0 Å². The highest BCUT2D eigenvalue weighted by Gasteiger charge is 2.06. The van der Waals surface area contributed by atoms with E-state index in [0.717, 1.165) is 0 Å². The fraction of sp³-hybridized carbons (Fsp3) is 0.143. The Morgan fingerprint density at radius 3 is 1.92 bits per heavy atom. The van der Waals surface area contributed by atoms with E-state index in [9.17, 15) is 8.42 Å². The van der Waals surface area contributed by atoms with E-state index < -0.39 is 10.1 Å². The lowest BCUT2D eigenvalue weighted by atomic mass is 10.3. The average molecular weight is 189 g/mol. The molecule has 0 saturated carbocycles. The number of nitrogens with two attached hydrogens (primary N) is 1. The van der Waals surface area contributed by atoms with Crippen LogP contribution >= 0.6 is 0 Å². The summed E-state index contributed by atoms with van der Waals surface area (Å²) >= 11 is 0. The number of rotatable bonds is 1. The Bertz CT molecular complexity index is 341. The summed E-state index contributed by atoms with van der Waals surface area (Å²) in [5.41, 5.74) is 5.75. The largest absolute Gasteiger partial charge is 0.399 e. The molecule has 0 bridgehead atoms. The zero-order valence-electron chi connectivity index (χ0n) is 5.56. The molecule has 1 aromatic rings. The third-order valence-electron chi connectivity index (χ3n) is 1.18. The van der Waals surface area contributed by atoms with Crippen LogP contribution in [0.1, 0.15) is 7.43 Å². The van der Waals surface area contributed by atoms with Gasteiger partial charge in [-0.05, 0) is 24.3 Å². The van der Waals surface area contributed by atoms with Crippen molar-refractivity contribution in [3.05, 3.63) is 24.3 Å². The second-order valence-electron chi connectivity index (χ2n) is 2.04. The molecule has 5 heteroatoms. The van der Waals surface area contributed by atoms with Crippen LogP contribution in [0, 0.1) is 0 Å². The van der Waals surface area contributed by atoms with E-state index in [-0.39, 0.29) is 12.3 Å². The molecule has 4 nitrogen and oxygen atoms in total. The Morgan fingerprint density at radius 1 is 1.17 bits per heavy atom. The first-order valence-electron chi connectivity index (χ1n) is 2.83. The van der Waals surface area contributed by atoms with Gasteiger partial charge in [-0.3, -0.25) is 4.55 Å². The summed E-state index contributed by atoms with van der Waals surface area (Å²) in [7, 11) is -4.08. The van der Waals surface area contributed by atoms with E-state index in [0.29, 0.717) is 5.69 Å². The summed E-state index contributed by atoms with van der Waals surface area (Å²) < 4.78 is 29.4. The quantitative estimate of drug-likeness (QED) is 0.513. The third-order valence-corrected chi connectivity index (χ3v) is 2.05. The molecule has 68 valence electrons. The van der Waals surface area contributed by atoms with Gasteiger partial charge in [0, 0.05) is 5.69 Å². The predicted molar refractivity (Wildman–Crippen MR) is 47.4 cm³/mol. The fourth-order valence-corrected chi connectivity index (χ4v) is 1.12. The first kappa shape index (κ1) is 10.9. The smallest absolute Gasteiger partial charge is 0.294 e. The van der Waals surface area contributed by atoms with Gasteiger partial charge in [0.25, 0.3) is 10.1 Å². The maximum absolute atomic E-state index is 10.5. The van der Waals surface area contributed by atoms with Crippen molar-refractivity contribution in [2.45, 2.75) is 12.3 Å². The molecule has 0 aromatic heterocycles. The summed E-state index contributed by atoms with van der Waals surface area (Å²) in [4.78, 5) is -0.147. The van der Waals surface area contributed by atoms with Crippen molar-refractivity contribution >= 4 is 15.8 Å². The highest BCUT2D eigenvalue weighted by molar-refractivity contribution is 7.85. The number of nitrogen functional groups attached to an aromatic ring is 1. The van der Waals surface area contributed by atoms with Crippen LogP contribution in [0.15, 0.2) is 29.2 Å². The Kier molecular flexibility index (Phi) is 3.24. The lowest BCUT2D eigenvalue weighted by Crippen LogP contribution is -1.97. The lowest BCUT2D eigenvalue weighted by Gasteiger charge is -1.95. The van der Waals surface area contributed by atoms with Gasteiger partial charge in [0.1, 0.15) is 0 Å². The minimum Gasteiger partial charge on any atom is -0.399 e. The summed E-state index contributed by atoms with van der Waals surface area (Å²) in [6, 6.07) is 5.29. The first-order chi connectivity index (χ1) is 5.00. The van der Waals surface area contributed by atoms with Gasteiger partial charge in [0.05, 0.1) is 4.90 Å². The van der Waals surface area contributed by atoms with Gasteiger partial charge in [-0.2, -0.15) is 8.42 Å². The lowest BCUT2D eigenvalue weighted by molar-refractivity contribution is 0.483. The second kappa shape index (κ2) is 3.55. The van der Waals surface area contributed by atoms with Crippen molar-refractivity contribution < 1.29 is 13.0 Å². The maximum Gasteiger partial charge on any atom is 0.294 e. The van der Waals surface area contributed by atoms with Crippen LogP contribution in [0.25, 0.3) is 0 Å². The maximum atomic E-state index is 10.5. The molecule has 0 radical (unpaired) electrons. The van der Waals surface area contributed by atoms with Gasteiger partial charge in [-0.15, -0.1) is 0 Å². The molecule has 0 spiro atoms. The van der Waals surface area contributed by atoms with Gasteiger partial charge in [-0.25, -0.2) is 0 Å². The molecule has 0 aliphatic rings. The highest BCUT2D eigenvalue weighted by atomic mass is 32.2. The van der Waals surface area contributed by atoms with Crippen LogP contribution in [0.5, 0.6) is 0 Å². The van der Waals surface area contributed by atoms with Crippen LogP contribution in [0.2, 0.25) is 0 Å². The third kappa shape index (κ3) is 2.52. The standard InChI is InChI=1S/C6H7NO3S.CH4/c7-5-1-3-6(4-2-5)11(8,9)10;/h1-4H,7H2,(H,8,9,10);1H4. The number of hydrogen-bond donors (Lipinski definition) is 2. The van der Waals surface area contributed by atoms with E-state index in [1.165, 1.54) is 24.3 Å². The van der Waals surface area contributed by atoms with Crippen LogP contribution in [0.4, 0.5) is 5.69 Å². The summed E-state index contributed by atoms with van der Waals surface area (Å²) in [6.07, 6.45) is 0. The van der Waals surface area contributed by atoms with Crippen molar-refractivity contribution in [2.75, 3.05) is 5.73 Å². The summed E-state index contributed by atoms with van der Waals surface area (Å²) in [5, 5.41) is 0. The molecule has 0 heterocycles. The highest BCUT2D eigenvalue weighted by Crippen LogP contribution is 2.10. The van der Waals surface area contributed by atoms with E-state index >= 15 is 0 Å². The molecule has 0 fully saturated rings. The molecular formula is C7H11NO3S. The van der Waals surface area contributed by atoms with E-state index in [4.69, 9.17) is 10.3 Å². The number of benzene rings is 1. The van der Waals surface area contributed by atoms with Gasteiger partial charge < -0.3 is 5.73 Å². The molecule has 0 saturated heterocycles. The van der Waals surface area contributed by atoms with Crippen LogP contribution < -0.4 is 5.73 Å². The predicted octanol–water partition coefficient (Wildman–Crippen LogP) is 1.15. The molecule has 0 unspecified atom stereocenters. The van der Waals surface area contributed by atoms with Gasteiger partial charge in [-0.1, -0.05) is 7.43 Å². The van der Waals surface area contributed by atoms with Gasteiger partial charge in [0.15, 0.2) is 0 Å². The molecule has 0 aliphatic carbocycles. The number of anilines is 1. The van der Waals surface area contributed by atoms with Crippen molar-refractivity contribution in [3.8, 4) is 0 Å². The molecule has 0 aliphatic heterocycles. The van der Waals surface area contributed by atoms with Crippen molar-refractivity contribution in [2.24, 2.45) is 0 Å². The molecule has 12 heavy (non-hydrogen) atoms. The molecule has 1 rings (SSSR count). The summed E-state index contributed by atoms with van der Waals surface area (Å²) in [6.45, 7) is 0. The SMILES string of the molecule is C.Nc1ccc(S(=O)(=O)O)cc1. The summed E-state index contributed by atoms with van der Waals surface area (Å²) in [5.74, 6) is 0. The molecule has 0 amide bonds. The van der Waals surface area contributed by atoms with Crippen LogP contribution in [-0.4, -0.2) is 13.0 Å². The van der Waals surface area contributed by atoms with Crippen LogP contribution in [0.3, 0.4) is 0 Å². The molecule has 1 aromatic carbocycles. The first-order valence-corrected chi connectivity index (χ1v) is 4.27. The zero-order valence-corrected chi connectivity index (χ0v) is 6.38. The molecule has 3 N–H and O–H groups in total. The zero-order chi connectivity index (χ0) is 8.48. The fourth-order valence-electron chi connectivity index (χ4n) is 0.640. The minimum absolute atomic E-state index is 0. The van der Waals surface area contributed by atoms with Crippen molar-refractivity contribution in [3.63, 3.8) is 0 Å². The van der Waals surface area contributed by atoms with E-state index in [2.05, 4.69) is 0 Å². The average Bonchev–Trinajstić information content (AvgIpc) is 1.86. The Balaban J connectivity index is 0.00000121. The van der Waals surface area contributed by atoms with Gasteiger partial charge >= 0.3 is 0 Å². The Labute approximate surface area is 71.8 Å². The normalized spacial score (nSPS) is 10.4. The molecule has 0 atom stereocenters. The van der Waals surface area contributed by atoms with Crippen LogP contribution in [-0.2, 0) is 10.1 Å². The minimum atomic E-state index is -4.08. The number of hydrogen-bond acceptors (Lipinski definition) is 3. The second-order valence-corrected chi connectivity index (χ2v) is 3.47. The van der Waals surface area contributed by atoms with Crippen molar-refractivity contribution in [1.82, 2.24) is 0 Å². The Hall–Kier alpha value is -1.07.